The van der Waals surface area contributed by atoms with Crippen LogP contribution in [0.25, 0.3) is 0 Å². The Kier molecular flexibility index (Phi) is 5.40. The molecule has 0 heterocycles. The third kappa shape index (κ3) is 5.50. The van der Waals surface area contributed by atoms with Gasteiger partial charge in [0.1, 0.15) is 5.54 Å². The summed E-state index contributed by atoms with van der Waals surface area (Å²) in [5.74, 6) is -0.00739. The minimum absolute atomic E-state index is 0.549. The fourth-order valence-corrected chi connectivity index (χ4v) is 2.05. The van der Waals surface area contributed by atoms with Crippen LogP contribution < -0.4 is 5.73 Å². The van der Waals surface area contributed by atoms with Crippen molar-refractivity contribution in [1.29, 1.82) is 0 Å². The summed E-state index contributed by atoms with van der Waals surface area (Å²) < 4.78 is 0. The van der Waals surface area contributed by atoms with Crippen LogP contribution >= 0.6 is 0 Å². The maximum atomic E-state index is 10.9. The molecule has 0 amide bonds. The Morgan fingerprint density at radius 1 is 1.47 bits per heavy atom. The van der Waals surface area contributed by atoms with Gasteiger partial charge in [-0.1, -0.05) is 6.92 Å². The van der Waals surface area contributed by atoms with E-state index in [0.717, 1.165) is 31.8 Å². The topological polar surface area (TPSA) is 66.6 Å². The zero-order valence-corrected chi connectivity index (χ0v) is 11.1. The lowest BCUT2D eigenvalue weighted by Gasteiger charge is -2.24. The van der Waals surface area contributed by atoms with Crippen LogP contribution in [0.1, 0.15) is 46.0 Å². The molecular weight excluding hydrogens is 216 g/mol. The van der Waals surface area contributed by atoms with Gasteiger partial charge in [-0.2, -0.15) is 0 Å². The van der Waals surface area contributed by atoms with Gasteiger partial charge in [0, 0.05) is 6.54 Å². The maximum absolute atomic E-state index is 10.9. The van der Waals surface area contributed by atoms with Crippen molar-refractivity contribution in [3.8, 4) is 0 Å². The highest BCUT2D eigenvalue weighted by atomic mass is 16.4. The van der Waals surface area contributed by atoms with Crippen molar-refractivity contribution in [1.82, 2.24) is 4.90 Å². The molecule has 1 saturated carbocycles. The van der Waals surface area contributed by atoms with E-state index in [0.29, 0.717) is 6.42 Å². The van der Waals surface area contributed by atoms with E-state index < -0.39 is 11.5 Å². The summed E-state index contributed by atoms with van der Waals surface area (Å²) >= 11 is 0. The average molecular weight is 242 g/mol. The Labute approximate surface area is 104 Å². The lowest BCUT2D eigenvalue weighted by molar-refractivity contribution is -0.142. The Hall–Kier alpha value is -0.610. The number of rotatable bonds is 9. The van der Waals surface area contributed by atoms with Crippen LogP contribution in [0, 0.1) is 5.92 Å². The van der Waals surface area contributed by atoms with Gasteiger partial charge in [-0.05, 0) is 58.0 Å². The summed E-state index contributed by atoms with van der Waals surface area (Å²) in [4.78, 5) is 13.3. The van der Waals surface area contributed by atoms with Gasteiger partial charge in [0.05, 0.1) is 0 Å². The third-order valence-corrected chi connectivity index (χ3v) is 3.41. The molecule has 3 N–H and O–H groups in total. The van der Waals surface area contributed by atoms with Gasteiger partial charge in [0.2, 0.25) is 0 Å². The number of carboxylic acids is 1. The van der Waals surface area contributed by atoms with Crippen molar-refractivity contribution in [3.05, 3.63) is 0 Å². The highest BCUT2D eigenvalue weighted by Gasteiger charge is 2.28. The summed E-state index contributed by atoms with van der Waals surface area (Å²) in [5, 5.41) is 8.93. The average Bonchev–Trinajstić information content (AvgIpc) is 3.01. The fourth-order valence-electron chi connectivity index (χ4n) is 2.05. The fraction of sp³-hybridized carbons (Fsp3) is 0.923. The molecule has 0 bridgehead atoms. The molecule has 1 unspecified atom stereocenters. The molecular formula is C13H26N2O2. The summed E-state index contributed by atoms with van der Waals surface area (Å²) in [5.41, 5.74) is 4.64. The molecule has 0 aromatic rings. The van der Waals surface area contributed by atoms with Crippen LogP contribution in [-0.4, -0.2) is 41.1 Å². The highest BCUT2D eigenvalue weighted by Crippen LogP contribution is 2.29. The van der Waals surface area contributed by atoms with Gasteiger partial charge in [-0.15, -0.1) is 0 Å². The lowest BCUT2D eigenvalue weighted by atomic mass is 9.97. The van der Waals surface area contributed by atoms with E-state index >= 15 is 0 Å². The van der Waals surface area contributed by atoms with Crippen LogP contribution in [0.15, 0.2) is 0 Å². The molecule has 0 aromatic carbocycles. The number of nitrogens with two attached hydrogens (primary N) is 1. The standard InChI is InChI=1S/C13H26N2O2/c1-3-8-15(10-11-5-6-11)9-4-7-13(2,14)12(16)17/h11H,3-10,14H2,1-2H3,(H,16,17). The largest absolute Gasteiger partial charge is 0.480 e. The van der Waals surface area contributed by atoms with Crippen molar-refractivity contribution in [2.24, 2.45) is 11.7 Å². The second-order valence-corrected chi connectivity index (χ2v) is 5.57. The molecule has 1 fully saturated rings. The normalized spacial score (nSPS) is 19.3. The van der Waals surface area contributed by atoms with Crippen molar-refractivity contribution < 1.29 is 9.90 Å². The number of nitrogens with zero attached hydrogens (tertiary/aromatic N) is 1. The molecule has 4 nitrogen and oxygen atoms in total. The van der Waals surface area contributed by atoms with Crippen LogP contribution in [0.5, 0.6) is 0 Å². The first-order valence-corrected chi connectivity index (χ1v) is 6.70. The van der Waals surface area contributed by atoms with E-state index in [9.17, 15) is 4.79 Å². The predicted octanol–water partition coefficient (Wildman–Crippen LogP) is 1.69. The first-order valence-electron chi connectivity index (χ1n) is 6.70. The quantitative estimate of drug-likeness (QED) is 0.645. The molecule has 0 radical (unpaired) electrons. The van der Waals surface area contributed by atoms with Gasteiger partial charge in [-0.3, -0.25) is 4.79 Å². The number of hydrogen-bond donors (Lipinski definition) is 2. The second-order valence-electron chi connectivity index (χ2n) is 5.57. The van der Waals surface area contributed by atoms with Gasteiger partial charge in [-0.25, -0.2) is 0 Å². The molecule has 1 aliphatic carbocycles. The van der Waals surface area contributed by atoms with Crippen LogP contribution in [-0.2, 0) is 4.79 Å². The predicted molar refractivity (Wildman–Crippen MR) is 68.9 cm³/mol. The molecule has 0 aliphatic heterocycles. The van der Waals surface area contributed by atoms with Crippen LogP contribution in [0.4, 0.5) is 0 Å². The van der Waals surface area contributed by atoms with Gasteiger partial charge in [0.25, 0.3) is 0 Å². The van der Waals surface area contributed by atoms with E-state index in [1.165, 1.54) is 19.4 Å². The molecule has 0 saturated heterocycles. The molecule has 4 heteroatoms. The Morgan fingerprint density at radius 3 is 2.59 bits per heavy atom. The van der Waals surface area contributed by atoms with Crippen molar-refractivity contribution in [2.45, 2.75) is 51.5 Å². The van der Waals surface area contributed by atoms with E-state index in [1.807, 2.05) is 0 Å². The second kappa shape index (κ2) is 6.36. The van der Waals surface area contributed by atoms with E-state index in [-0.39, 0.29) is 0 Å². The summed E-state index contributed by atoms with van der Waals surface area (Å²) in [6.45, 7) is 7.06. The molecule has 17 heavy (non-hydrogen) atoms. The number of hydrogen-bond acceptors (Lipinski definition) is 3. The maximum Gasteiger partial charge on any atom is 0.323 e. The molecule has 0 aromatic heterocycles. The first kappa shape index (κ1) is 14.5. The number of carboxylic acid groups (broad SMARTS) is 1. The van der Waals surface area contributed by atoms with Crippen molar-refractivity contribution in [2.75, 3.05) is 19.6 Å². The highest BCUT2D eigenvalue weighted by molar-refractivity contribution is 5.77. The minimum atomic E-state index is -1.07. The van der Waals surface area contributed by atoms with Crippen molar-refractivity contribution in [3.63, 3.8) is 0 Å². The summed E-state index contributed by atoms with van der Waals surface area (Å²) in [6, 6.07) is 0. The number of carbonyl (C=O) groups is 1. The van der Waals surface area contributed by atoms with Gasteiger partial charge in [0.15, 0.2) is 0 Å². The molecule has 0 spiro atoms. The Bertz CT molecular complexity index is 250. The smallest absolute Gasteiger partial charge is 0.323 e. The zero-order chi connectivity index (χ0) is 12.9. The van der Waals surface area contributed by atoms with Crippen molar-refractivity contribution >= 4 is 5.97 Å². The van der Waals surface area contributed by atoms with E-state index in [1.54, 1.807) is 6.92 Å². The molecule has 100 valence electrons. The Balaban J connectivity index is 2.23. The summed E-state index contributed by atoms with van der Waals surface area (Å²) in [7, 11) is 0. The SMILES string of the molecule is CCCN(CCCC(C)(N)C(=O)O)CC1CC1. The number of aliphatic carboxylic acids is 1. The van der Waals surface area contributed by atoms with E-state index in [4.69, 9.17) is 10.8 Å². The molecule has 1 rings (SSSR count). The van der Waals surface area contributed by atoms with Gasteiger partial charge < -0.3 is 15.7 Å². The third-order valence-electron chi connectivity index (χ3n) is 3.41. The van der Waals surface area contributed by atoms with E-state index in [2.05, 4.69) is 11.8 Å². The summed E-state index contributed by atoms with van der Waals surface area (Å²) in [6.07, 6.45) is 5.30. The van der Waals surface area contributed by atoms with Crippen LogP contribution in [0.2, 0.25) is 0 Å². The lowest BCUT2D eigenvalue weighted by Crippen LogP contribution is -2.45. The monoisotopic (exact) mass is 242 g/mol. The molecule has 1 atom stereocenters. The zero-order valence-electron chi connectivity index (χ0n) is 11.1. The van der Waals surface area contributed by atoms with Crippen LogP contribution in [0.3, 0.4) is 0 Å². The molecule has 1 aliphatic rings. The van der Waals surface area contributed by atoms with Gasteiger partial charge >= 0.3 is 5.97 Å². The first-order chi connectivity index (χ1) is 7.95. The minimum Gasteiger partial charge on any atom is -0.480 e. The Morgan fingerprint density at radius 2 is 2.12 bits per heavy atom.